The Balaban J connectivity index is 2.96. The van der Waals surface area contributed by atoms with Crippen molar-refractivity contribution >= 4 is 23.1 Å². The first kappa shape index (κ1) is 10.7. The van der Waals surface area contributed by atoms with Gasteiger partial charge >= 0.3 is 0 Å². The Morgan fingerprint density at radius 3 is 2.29 bits per heavy atom. The van der Waals surface area contributed by atoms with Crippen LogP contribution in [0.1, 0.15) is 12.5 Å². The molecular weight excluding hydrogens is 198 g/mol. The summed E-state index contributed by atoms with van der Waals surface area (Å²) in [4.78, 5) is 11.0. The van der Waals surface area contributed by atoms with Crippen LogP contribution in [0.25, 0.3) is 0 Å². The molecule has 0 radical (unpaired) electrons. The van der Waals surface area contributed by atoms with Gasteiger partial charge in [-0.05, 0) is 19.1 Å². The molecule has 1 N–H and O–H groups in total. The molecule has 72 valence electrons. The molecule has 0 amide bonds. The van der Waals surface area contributed by atoms with E-state index in [1.807, 2.05) is 0 Å². The first-order valence-electron chi connectivity index (χ1n) is 4.07. The fourth-order valence-corrected chi connectivity index (χ4v) is 1.09. The van der Waals surface area contributed by atoms with E-state index in [9.17, 15) is 4.79 Å². The summed E-state index contributed by atoms with van der Waals surface area (Å²) in [5.74, 6) is -0.190. The van der Waals surface area contributed by atoms with Crippen molar-refractivity contribution in [3.63, 3.8) is 0 Å². The summed E-state index contributed by atoms with van der Waals surface area (Å²) in [6.45, 7) is 4.94. The van der Waals surface area contributed by atoms with Gasteiger partial charge in [-0.15, -0.1) is 0 Å². The number of Topliss-reactive ketones (excluding diaryl/α,β-unsaturated/α-hetero) is 1. The number of allylic oxidation sites excluding steroid dienone is 1. The zero-order valence-corrected chi connectivity index (χ0v) is 8.56. The highest BCUT2D eigenvalue weighted by molar-refractivity contribution is 6.31. The van der Waals surface area contributed by atoms with Crippen LogP contribution in [0, 0.1) is 5.41 Å². The van der Waals surface area contributed by atoms with Crippen molar-refractivity contribution in [3.8, 4) is 0 Å². The number of ketones is 1. The number of halogens is 1. The molecule has 0 saturated carbocycles. The topological polar surface area (TPSA) is 40.9 Å². The van der Waals surface area contributed by atoms with Gasteiger partial charge in [-0.25, -0.2) is 0 Å². The molecule has 2 nitrogen and oxygen atoms in total. The van der Waals surface area contributed by atoms with Gasteiger partial charge in [0.2, 0.25) is 0 Å². The molecule has 0 aromatic heterocycles. The number of hydrogen-bond donors (Lipinski definition) is 1. The summed E-state index contributed by atoms with van der Waals surface area (Å²) in [6, 6.07) is 6.75. The fourth-order valence-electron chi connectivity index (χ4n) is 0.967. The van der Waals surface area contributed by atoms with Gasteiger partial charge in [0.05, 0.1) is 5.71 Å². The minimum atomic E-state index is -0.190. The highest BCUT2D eigenvalue weighted by Gasteiger charge is 2.09. The number of rotatable bonds is 3. The minimum Gasteiger partial charge on any atom is -0.300 e. The molecule has 0 atom stereocenters. The summed E-state index contributed by atoms with van der Waals surface area (Å²) < 4.78 is 0. The third-order valence-electron chi connectivity index (χ3n) is 1.86. The predicted molar refractivity (Wildman–Crippen MR) is 58.1 cm³/mol. The van der Waals surface area contributed by atoms with E-state index in [1.165, 1.54) is 6.92 Å². The van der Waals surface area contributed by atoms with E-state index < -0.39 is 0 Å². The number of benzene rings is 1. The highest BCUT2D eigenvalue weighted by Crippen LogP contribution is 2.12. The molecule has 0 aliphatic heterocycles. The molecular formula is C11H10ClNO. The van der Waals surface area contributed by atoms with Gasteiger partial charge in [0.25, 0.3) is 0 Å². The van der Waals surface area contributed by atoms with E-state index in [0.29, 0.717) is 10.6 Å². The molecule has 3 heteroatoms. The van der Waals surface area contributed by atoms with Gasteiger partial charge in [0, 0.05) is 16.2 Å². The molecule has 0 aliphatic carbocycles. The molecule has 1 aromatic carbocycles. The van der Waals surface area contributed by atoms with E-state index in [2.05, 4.69) is 6.58 Å². The first-order valence-corrected chi connectivity index (χ1v) is 4.45. The lowest BCUT2D eigenvalue weighted by atomic mass is 10.0. The Morgan fingerprint density at radius 1 is 1.36 bits per heavy atom. The Bertz CT molecular complexity index is 392. The largest absolute Gasteiger partial charge is 0.300 e. The number of carbonyl (C=O) groups is 1. The molecule has 0 spiro atoms. The van der Waals surface area contributed by atoms with Crippen LogP contribution in [0.4, 0.5) is 0 Å². The number of carbonyl (C=O) groups excluding carboxylic acids is 1. The molecule has 0 heterocycles. The smallest absolute Gasteiger partial charge is 0.161 e. The van der Waals surface area contributed by atoms with Crippen LogP contribution in [0.2, 0.25) is 5.02 Å². The lowest BCUT2D eigenvalue weighted by molar-refractivity contribution is -0.113. The van der Waals surface area contributed by atoms with E-state index in [1.54, 1.807) is 24.3 Å². The molecule has 1 rings (SSSR count). The third kappa shape index (κ3) is 2.30. The van der Waals surface area contributed by atoms with E-state index in [4.69, 9.17) is 17.0 Å². The van der Waals surface area contributed by atoms with Crippen molar-refractivity contribution in [2.24, 2.45) is 0 Å². The lowest BCUT2D eigenvalue weighted by Crippen LogP contribution is -2.08. The Hall–Kier alpha value is -1.41. The third-order valence-corrected chi connectivity index (χ3v) is 2.11. The predicted octanol–water partition coefficient (Wildman–Crippen LogP) is 2.85. The van der Waals surface area contributed by atoms with Crippen molar-refractivity contribution in [1.29, 1.82) is 5.41 Å². The Kier molecular flexibility index (Phi) is 3.20. The SMILES string of the molecule is C=C(C(=N)c1ccc(Cl)cc1)C(C)=O. The molecule has 1 aromatic rings. The Morgan fingerprint density at radius 2 is 1.86 bits per heavy atom. The average Bonchev–Trinajstić information content (AvgIpc) is 2.16. The minimum absolute atomic E-state index is 0.147. The maximum Gasteiger partial charge on any atom is 0.161 e. The summed E-state index contributed by atoms with van der Waals surface area (Å²) >= 11 is 5.70. The maximum atomic E-state index is 11.0. The van der Waals surface area contributed by atoms with Crippen molar-refractivity contribution in [3.05, 3.63) is 47.0 Å². The summed E-state index contributed by atoms with van der Waals surface area (Å²) in [5.41, 5.74) is 1.01. The Labute approximate surface area is 87.7 Å². The summed E-state index contributed by atoms with van der Waals surface area (Å²) in [7, 11) is 0. The van der Waals surface area contributed by atoms with E-state index in [-0.39, 0.29) is 17.1 Å². The van der Waals surface area contributed by atoms with Gasteiger partial charge < -0.3 is 0 Å². The monoisotopic (exact) mass is 207 g/mol. The lowest BCUT2D eigenvalue weighted by Gasteiger charge is -2.04. The van der Waals surface area contributed by atoms with Gasteiger partial charge in [-0.2, -0.15) is 0 Å². The van der Waals surface area contributed by atoms with Gasteiger partial charge in [-0.3, -0.25) is 10.2 Å². The van der Waals surface area contributed by atoms with E-state index in [0.717, 1.165) is 0 Å². The first-order chi connectivity index (χ1) is 6.52. The van der Waals surface area contributed by atoms with Crippen LogP contribution in [0.3, 0.4) is 0 Å². The number of hydrogen-bond acceptors (Lipinski definition) is 2. The summed E-state index contributed by atoms with van der Waals surface area (Å²) in [5, 5.41) is 8.28. The van der Waals surface area contributed by atoms with E-state index >= 15 is 0 Å². The van der Waals surface area contributed by atoms with Crippen LogP contribution in [-0.4, -0.2) is 11.5 Å². The van der Waals surface area contributed by atoms with Gasteiger partial charge in [0.1, 0.15) is 0 Å². The van der Waals surface area contributed by atoms with Crippen LogP contribution >= 0.6 is 11.6 Å². The van der Waals surface area contributed by atoms with Crippen LogP contribution in [0.15, 0.2) is 36.4 Å². The fraction of sp³-hybridized carbons (Fsp3) is 0.0909. The second kappa shape index (κ2) is 4.20. The van der Waals surface area contributed by atoms with Crippen molar-refractivity contribution in [2.75, 3.05) is 0 Å². The standard InChI is InChI=1S/C11H10ClNO/c1-7(8(2)14)11(13)9-3-5-10(12)6-4-9/h3-6,13H,1H2,2H3. The van der Waals surface area contributed by atoms with Crippen LogP contribution < -0.4 is 0 Å². The van der Waals surface area contributed by atoms with Crippen molar-refractivity contribution in [2.45, 2.75) is 6.92 Å². The van der Waals surface area contributed by atoms with Gasteiger partial charge in [-0.1, -0.05) is 30.3 Å². The molecule has 0 fully saturated rings. The number of nitrogens with one attached hydrogen (secondary N) is 1. The quantitative estimate of drug-likeness (QED) is 0.601. The van der Waals surface area contributed by atoms with Crippen LogP contribution in [0.5, 0.6) is 0 Å². The zero-order chi connectivity index (χ0) is 10.7. The summed E-state index contributed by atoms with van der Waals surface area (Å²) in [6.07, 6.45) is 0. The molecule has 0 aliphatic rings. The molecule has 0 bridgehead atoms. The van der Waals surface area contributed by atoms with Crippen molar-refractivity contribution < 1.29 is 4.79 Å². The zero-order valence-electron chi connectivity index (χ0n) is 7.80. The highest BCUT2D eigenvalue weighted by atomic mass is 35.5. The second-order valence-electron chi connectivity index (χ2n) is 2.92. The van der Waals surface area contributed by atoms with Crippen LogP contribution in [-0.2, 0) is 4.79 Å². The molecule has 0 saturated heterocycles. The molecule has 0 unspecified atom stereocenters. The average molecular weight is 208 g/mol. The second-order valence-corrected chi connectivity index (χ2v) is 3.35. The normalized spacial score (nSPS) is 9.57. The maximum absolute atomic E-state index is 11.0. The van der Waals surface area contributed by atoms with Crippen molar-refractivity contribution in [1.82, 2.24) is 0 Å². The molecule has 14 heavy (non-hydrogen) atoms. The van der Waals surface area contributed by atoms with Gasteiger partial charge in [0.15, 0.2) is 5.78 Å².